The molecule has 0 aliphatic heterocycles. The smallest absolute Gasteiger partial charge is 0.227 e. The van der Waals surface area contributed by atoms with Crippen molar-refractivity contribution in [3.05, 3.63) is 40.0 Å². The van der Waals surface area contributed by atoms with E-state index in [0.29, 0.717) is 21.8 Å². The summed E-state index contributed by atoms with van der Waals surface area (Å²) in [5.74, 6) is 1.41. The minimum Gasteiger partial charge on any atom is -0.344 e. The lowest BCUT2D eigenvalue weighted by atomic mass is 10.3. The number of nitrogens with zero attached hydrogens (tertiary/aromatic N) is 3. The number of benzene rings is 1. The molecule has 2 aromatic rings. The molecule has 0 saturated carbocycles. The summed E-state index contributed by atoms with van der Waals surface area (Å²) >= 11 is 12.2. The van der Waals surface area contributed by atoms with Gasteiger partial charge in [-0.25, -0.2) is 4.98 Å². The Morgan fingerprint density at radius 1 is 1.18 bits per heavy atom. The highest BCUT2D eigenvalue weighted by molar-refractivity contribution is 6.35. The molecule has 0 bridgehead atoms. The Kier molecular flexibility index (Phi) is 5.86. The molecule has 0 unspecified atom stereocenters. The highest BCUT2D eigenvalue weighted by Gasteiger charge is 2.09. The molecule has 6 heteroatoms. The number of unbranched alkanes of at least 4 members (excludes halogenated alkanes) is 1. The Bertz CT molecular complexity index is 646. The molecule has 1 N–H and O–H groups in total. The molecule has 2 rings (SSSR count). The summed E-state index contributed by atoms with van der Waals surface area (Å²) in [5.41, 5.74) is 1.63. The van der Waals surface area contributed by atoms with E-state index < -0.39 is 0 Å². The summed E-state index contributed by atoms with van der Waals surface area (Å²) in [5, 5.41) is 4.43. The van der Waals surface area contributed by atoms with E-state index in [2.05, 4.69) is 27.1 Å². The number of halogens is 2. The van der Waals surface area contributed by atoms with Gasteiger partial charge in [-0.1, -0.05) is 36.5 Å². The lowest BCUT2D eigenvalue weighted by molar-refractivity contribution is 0.749. The topological polar surface area (TPSA) is 41.1 Å². The number of nitrogens with one attached hydrogen (secondary N) is 1. The first-order chi connectivity index (χ1) is 10.5. The SMILES string of the molecule is CCCCN(C)c1nc(C)cc(Nc2cc(Cl)ccc2Cl)n1. The van der Waals surface area contributed by atoms with Crippen LogP contribution in [0.4, 0.5) is 17.5 Å². The number of aryl methyl sites for hydroxylation is 1. The van der Waals surface area contributed by atoms with E-state index in [9.17, 15) is 0 Å². The molecule has 1 aromatic heterocycles. The maximum atomic E-state index is 6.18. The van der Waals surface area contributed by atoms with Crippen LogP contribution >= 0.6 is 23.2 Å². The van der Waals surface area contributed by atoms with Crippen LogP contribution in [0.25, 0.3) is 0 Å². The molecule has 0 aliphatic carbocycles. The first kappa shape index (κ1) is 16.8. The van der Waals surface area contributed by atoms with Gasteiger partial charge in [-0.3, -0.25) is 0 Å². The zero-order chi connectivity index (χ0) is 16.1. The van der Waals surface area contributed by atoms with Gasteiger partial charge >= 0.3 is 0 Å². The fraction of sp³-hybridized carbons (Fsp3) is 0.375. The van der Waals surface area contributed by atoms with Gasteiger partial charge in [-0.2, -0.15) is 4.98 Å². The third-order valence-corrected chi connectivity index (χ3v) is 3.79. The van der Waals surface area contributed by atoms with Crippen molar-refractivity contribution in [1.29, 1.82) is 0 Å². The molecule has 1 heterocycles. The Morgan fingerprint density at radius 2 is 1.95 bits per heavy atom. The highest BCUT2D eigenvalue weighted by atomic mass is 35.5. The summed E-state index contributed by atoms with van der Waals surface area (Å²) in [6.07, 6.45) is 2.25. The Hall–Kier alpha value is -1.52. The first-order valence-electron chi connectivity index (χ1n) is 7.28. The number of hydrogen-bond acceptors (Lipinski definition) is 4. The van der Waals surface area contributed by atoms with Crippen molar-refractivity contribution in [3.8, 4) is 0 Å². The van der Waals surface area contributed by atoms with Crippen LogP contribution < -0.4 is 10.2 Å². The summed E-state index contributed by atoms with van der Waals surface area (Å²) in [6, 6.07) is 7.18. The number of hydrogen-bond donors (Lipinski definition) is 1. The zero-order valence-electron chi connectivity index (χ0n) is 13.0. The molecule has 0 aliphatic rings. The van der Waals surface area contributed by atoms with Crippen LogP contribution in [-0.4, -0.2) is 23.6 Å². The van der Waals surface area contributed by atoms with Crippen molar-refractivity contribution in [2.24, 2.45) is 0 Å². The molecule has 0 saturated heterocycles. The van der Waals surface area contributed by atoms with Crippen molar-refractivity contribution >= 4 is 40.7 Å². The molecule has 0 spiro atoms. The normalized spacial score (nSPS) is 10.6. The second-order valence-corrected chi connectivity index (χ2v) is 6.06. The number of anilines is 3. The molecule has 0 amide bonds. The van der Waals surface area contributed by atoms with Gasteiger partial charge < -0.3 is 10.2 Å². The molecule has 22 heavy (non-hydrogen) atoms. The molecule has 4 nitrogen and oxygen atoms in total. The molecule has 0 atom stereocenters. The monoisotopic (exact) mass is 338 g/mol. The second kappa shape index (κ2) is 7.65. The third kappa shape index (κ3) is 4.49. The molecular formula is C16H20Cl2N4. The minimum atomic E-state index is 0.599. The van der Waals surface area contributed by atoms with E-state index in [0.717, 1.165) is 30.8 Å². The molecule has 0 fully saturated rings. The largest absolute Gasteiger partial charge is 0.344 e. The predicted molar refractivity (Wildman–Crippen MR) is 94.7 cm³/mol. The molecule has 1 aromatic carbocycles. The van der Waals surface area contributed by atoms with Crippen LogP contribution in [-0.2, 0) is 0 Å². The van der Waals surface area contributed by atoms with Crippen molar-refractivity contribution in [3.63, 3.8) is 0 Å². The van der Waals surface area contributed by atoms with E-state index in [1.54, 1.807) is 18.2 Å². The average molecular weight is 339 g/mol. The fourth-order valence-electron chi connectivity index (χ4n) is 2.01. The third-order valence-electron chi connectivity index (χ3n) is 3.22. The average Bonchev–Trinajstić information content (AvgIpc) is 2.48. The van der Waals surface area contributed by atoms with Crippen molar-refractivity contribution < 1.29 is 0 Å². The van der Waals surface area contributed by atoms with E-state index in [-0.39, 0.29) is 0 Å². The first-order valence-corrected chi connectivity index (χ1v) is 8.04. The minimum absolute atomic E-state index is 0.599. The van der Waals surface area contributed by atoms with Gasteiger partial charge in [0.15, 0.2) is 0 Å². The summed E-state index contributed by atoms with van der Waals surface area (Å²) in [4.78, 5) is 11.1. The van der Waals surface area contributed by atoms with E-state index in [1.807, 2.05) is 20.0 Å². The highest BCUT2D eigenvalue weighted by Crippen LogP contribution is 2.28. The quantitative estimate of drug-likeness (QED) is 0.798. The van der Waals surface area contributed by atoms with Crippen LogP contribution in [0.5, 0.6) is 0 Å². The number of aromatic nitrogens is 2. The van der Waals surface area contributed by atoms with Gasteiger partial charge in [0, 0.05) is 30.4 Å². The van der Waals surface area contributed by atoms with Crippen LogP contribution in [0, 0.1) is 6.92 Å². The van der Waals surface area contributed by atoms with Crippen LogP contribution in [0.2, 0.25) is 10.0 Å². The van der Waals surface area contributed by atoms with Gasteiger partial charge in [0.1, 0.15) is 5.82 Å². The van der Waals surface area contributed by atoms with Gasteiger partial charge in [0.25, 0.3) is 0 Å². The van der Waals surface area contributed by atoms with Gasteiger partial charge in [0.05, 0.1) is 10.7 Å². The summed E-state index contributed by atoms with van der Waals surface area (Å²) < 4.78 is 0. The standard InChI is InChI=1S/C16H20Cl2N4/c1-4-5-8-22(3)16-19-11(2)9-15(21-16)20-14-10-12(17)6-7-13(14)18/h6-7,9-10H,4-5,8H2,1-3H3,(H,19,20,21). The molecule has 118 valence electrons. The molecule has 0 radical (unpaired) electrons. The predicted octanol–water partition coefficient (Wildman–Crippen LogP) is 5.07. The second-order valence-electron chi connectivity index (χ2n) is 5.22. The van der Waals surface area contributed by atoms with Crippen LogP contribution in [0.1, 0.15) is 25.5 Å². The zero-order valence-corrected chi connectivity index (χ0v) is 14.5. The van der Waals surface area contributed by atoms with Gasteiger partial charge in [-0.05, 0) is 31.5 Å². The van der Waals surface area contributed by atoms with E-state index in [4.69, 9.17) is 23.2 Å². The Balaban J connectivity index is 2.24. The van der Waals surface area contributed by atoms with Gasteiger partial charge in [0.2, 0.25) is 5.95 Å². The van der Waals surface area contributed by atoms with Crippen molar-refractivity contribution in [2.75, 3.05) is 23.8 Å². The Morgan fingerprint density at radius 3 is 2.68 bits per heavy atom. The molecular weight excluding hydrogens is 319 g/mol. The lowest BCUT2D eigenvalue weighted by Gasteiger charge is -2.18. The summed E-state index contributed by atoms with van der Waals surface area (Å²) in [6.45, 7) is 5.04. The van der Waals surface area contributed by atoms with Crippen LogP contribution in [0.3, 0.4) is 0 Å². The van der Waals surface area contributed by atoms with E-state index in [1.165, 1.54) is 0 Å². The van der Waals surface area contributed by atoms with Crippen molar-refractivity contribution in [2.45, 2.75) is 26.7 Å². The van der Waals surface area contributed by atoms with Crippen LogP contribution in [0.15, 0.2) is 24.3 Å². The lowest BCUT2D eigenvalue weighted by Crippen LogP contribution is -2.21. The van der Waals surface area contributed by atoms with E-state index >= 15 is 0 Å². The maximum absolute atomic E-state index is 6.18. The summed E-state index contributed by atoms with van der Waals surface area (Å²) in [7, 11) is 2.00. The Labute approximate surface area is 141 Å². The maximum Gasteiger partial charge on any atom is 0.227 e. The number of rotatable bonds is 6. The fourth-order valence-corrected chi connectivity index (χ4v) is 2.35. The van der Waals surface area contributed by atoms with Crippen molar-refractivity contribution in [1.82, 2.24) is 9.97 Å². The van der Waals surface area contributed by atoms with Gasteiger partial charge in [-0.15, -0.1) is 0 Å².